The van der Waals surface area contributed by atoms with Crippen LogP contribution in [0.4, 0.5) is 21.9 Å². The number of benzene rings is 2. The molecule has 0 aliphatic rings. The van der Waals surface area contributed by atoms with E-state index in [2.05, 4.69) is 36.3 Å². The fourth-order valence-electron chi connectivity index (χ4n) is 3.90. The molecule has 6 heteroatoms. The number of rotatable bonds is 7. The average Bonchev–Trinajstić information content (AvgIpc) is 2.79. The largest absolute Gasteiger partial charge is 0.398 e. The Morgan fingerprint density at radius 3 is 2.30 bits per heavy atom. The Morgan fingerprint density at radius 2 is 1.76 bits per heavy atom. The molecule has 0 aliphatic carbocycles. The number of carbonyl (C=O) groups excluding carboxylic acids is 1. The van der Waals surface area contributed by atoms with Gasteiger partial charge in [-0.25, -0.2) is 4.79 Å². The molecule has 2 amide bonds. The van der Waals surface area contributed by atoms with E-state index in [0.29, 0.717) is 41.7 Å². The highest BCUT2D eigenvalue weighted by Gasteiger charge is 2.21. The van der Waals surface area contributed by atoms with Crippen molar-refractivity contribution in [2.24, 2.45) is 0 Å². The number of urea groups is 1. The lowest BCUT2D eigenvalue weighted by Gasteiger charge is -2.26. The number of nitrogen functional groups attached to an aromatic ring is 1. The molecule has 3 aromatic rings. The maximum atomic E-state index is 13.7. The third-order valence-corrected chi connectivity index (χ3v) is 6.23. The summed E-state index contributed by atoms with van der Waals surface area (Å²) in [6.45, 7) is 10.7. The third-order valence-electron chi connectivity index (χ3n) is 5.89. The molecule has 0 atom stereocenters. The molecule has 5 nitrogen and oxygen atoms in total. The molecule has 3 N–H and O–H groups in total. The first kappa shape index (κ1) is 24.6. The second kappa shape index (κ2) is 10.7. The van der Waals surface area contributed by atoms with Crippen molar-refractivity contribution in [2.75, 3.05) is 16.0 Å². The molecule has 1 aromatic heterocycles. The van der Waals surface area contributed by atoms with Crippen molar-refractivity contribution in [1.29, 1.82) is 0 Å². The zero-order chi connectivity index (χ0) is 24.1. The van der Waals surface area contributed by atoms with Gasteiger partial charge in [0, 0.05) is 28.3 Å². The molecule has 1 heterocycles. The van der Waals surface area contributed by atoms with Gasteiger partial charge in [-0.15, -0.1) is 0 Å². The van der Waals surface area contributed by atoms with E-state index in [1.807, 2.05) is 51.2 Å². The van der Waals surface area contributed by atoms with Crippen LogP contribution >= 0.6 is 11.6 Å². The summed E-state index contributed by atoms with van der Waals surface area (Å²) < 4.78 is 0. The number of nitrogens with zero attached hydrogens (tertiary/aromatic N) is 2. The average molecular weight is 465 g/mol. The lowest BCUT2D eigenvalue weighted by atomic mass is 10.0. The predicted molar refractivity (Wildman–Crippen MR) is 139 cm³/mol. The molecule has 33 heavy (non-hydrogen) atoms. The fraction of sp³-hybridized carbons (Fsp3) is 0.333. The number of amides is 2. The number of carbonyl (C=O) groups is 1. The summed E-state index contributed by atoms with van der Waals surface area (Å²) in [6, 6.07) is 13.6. The SMILES string of the molecule is CCc1c(N)cc(Cl)c(CC)c1NC(=O)N(Cc1ccc(C)nc1)c1ccc(C(C)C)cc1. The summed E-state index contributed by atoms with van der Waals surface area (Å²) in [4.78, 5) is 19.8. The highest BCUT2D eigenvalue weighted by Crippen LogP contribution is 2.35. The van der Waals surface area contributed by atoms with Crippen LogP contribution < -0.4 is 16.0 Å². The van der Waals surface area contributed by atoms with Gasteiger partial charge >= 0.3 is 6.03 Å². The first-order valence-electron chi connectivity index (χ1n) is 11.4. The minimum Gasteiger partial charge on any atom is -0.398 e. The molecule has 174 valence electrons. The van der Waals surface area contributed by atoms with E-state index in [1.165, 1.54) is 5.56 Å². The van der Waals surface area contributed by atoms with Crippen molar-refractivity contribution < 1.29 is 4.79 Å². The van der Waals surface area contributed by atoms with Gasteiger partial charge in [-0.05, 0) is 72.2 Å². The number of pyridine rings is 1. The predicted octanol–water partition coefficient (Wildman–Crippen LogP) is 7.11. The molecule has 3 rings (SSSR count). The van der Waals surface area contributed by atoms with Gasteiger partial charge in [0.15, 0.2) is 0 Å². The van der Waals surface area contributed by atoms with Crippen molar-refractivity contribution in [3.05, 3.63) is 81.6 Å². The van der Waals surface area contributed by atoms with Crippen molar-refractivity contribution in [3.63, 3.8) is 0 Å². The van der Waals surface area contributed by atoms with Crippen LogP contribution in [0.25, 0.3) is 0 Å². The lowest BCUT2D eigenvalue weighted by molar-refractivity contribution is 0.256. The van der Waals surface area contributed by atoms with Crippen LogP contribution in [-0.2, 0) is 19.4 Å². The molecule has 0 unspecified atom stereocenters. The van der Waals surface area contributed by atoms with Crippen molar-refractivity contribution in [2.45, 2.75) is 59.9 Å². The quantitative estimate of drug-likeness (QED) is 0.366. The van der Waals surface area contributed by atoms with Crippen molar-refractivity contribution in [1.82, 2.24) is 4.98 Å². The summed E-state index contributed by atoms with van der Waals surface area (Å²) in [6.07, 6.45) is 3.19. The molecule has 0 spiro atoms. The van der Waals surface area contributed by atoms with Gasteiger partial charge in [-0.2, -0.15) is 0 Å². The van der Waals surface area contributed by atoms with E-state index in [0.717, 1.165) is 28.1 Å². The summed E-state index contributed by atoms with van der Waals surface area (Å²) in [5, 5.41) is 3.70. The zero-order valence-electron chi connectivity index (χ0n) is 20.1. The van der Waals surface area contributed by atoms with Gasteiger partial charge < -0.3 is 11.1 Å². The minimum absolute atomic E-state index is 0.237. The first-order chi connectivity index (χ1) is 15.7. The molecule has 0 fully saturated rings. The Kier molecular flexibility index (Phi) is 7.98. The van der Waals surface area contributed by atoms with E-state index in [4.69, 9.17) is 17.3 Å². The normalized spacial score (nSPS) is 11.0. The maximum Gasteiger partial charge on any atom is 0.326 e. The van der Waals surface area contributed by atoms with Gasteiger partial charge in [0.25, 0.3) is 0 Å². The summed E-state index contributed by atoms with van der Waals surface area (Å²) in [5.41, 5.74) is 13.2. The molecule has 2 aromatic carbocycles. The Balaban J connectivity index is 2.01. The molecule has 0 saturated heterocycles. The molecule has 0 saturated carbocycles. The number of aryl methyl sites for hydroxylation is 1. The zero-order valence-corrected chi connectivity index (χ0v) is 20.8. The molecule has 0 radical (unpaired) electrons. The fourth-order valence-corrected chi connectivity index (χ4v) is 4.25. The highest BCUT2D eigenvalue weighted by molar-refractivity contribution is 6.32. The first-order valence-corrected chi connectivity index (χ1v) is 11.8. The number of aromatic nitrogens is 1. The topological polar surface area (TPSA) is 71.2 Å². The van der Waals surface area contributed by atoms with Crippen molar-refractivity contribution >= 4 is 34.7 Å². The minimum atomic E-state index is -0.237. The summed E-state index contributed by atoms with van der Waals surface area (Å²) in [5.74, 6) is 0.413. The molecular weight excluding hydrogens is 432 g/mol. The van der Waals surface area contributed by atoms with E-state index in [1.54, 1.807) is 11.0 Å². The Bertz CT molecular complexity index is 1080. The van der Waals surface area contributed by atoms with E-state index < -0.39 is 0 Å². The van der Waals surface area contributed by atoms with Crippen LogP contribution in [0.3, 0.4) is 0 Å². The standard InChI is InChI=1S/C27H33ClN4O/c1-6-22-24(28)14-25(29)23(7-2)26(22)31-27(33)32(16-19-9-8-18(5)30-15-19)21-12-10-20(11-13-21)17(3)4/h8-15,17H,6-7,16,29H2,1-5H3,(H,31,33). The highest BCUT2D eigenvalue weighted by atomic mass is 35.5. The van der Waals surface area contributed by atoms with Gasteiger partial charge in [-0.1, -0.05) is 57.5 Å². The number of nitrogens with one attached hydrogen (secondary N) is 1. The number of hydrogen-bond donors (Lipinski definition) is 2. The van der Waals surface area contributed by atoms with Gasteiger partial charge in [0.1, 0.15) is 0 Å². The number of nitrogens with two attached hydrogens (primary N) is 1. The van der Waals surface area contributed by atoms with Gasteiger partial charge in [0.05, 0.1) is 12.2 Å². The number of hydrogen-bond acceptors (Lipinski definition) is 3. The number of halogens is 1. The van der Waals surface area contributed by atoms with Gasteiger partial charge in [0.2, 0.25) is 0 Å². The Morgan fingerprint density at radius 1 is 1.09 bits per heavy atom. The van der Waals surface area contributed by atoms with Crippen LogP contribution in [-0.4, -0.2) is 11.0 Å². The number of anilines is 3. The smallest absolute Gasteiger partial charge is 0.326 e. The summed E-state index contributed by atoms with van der Waals surface area (Å²) in [7, 11) is 0. The third kappa shape index (κ3) is 5.66. The second-order valence-corrected chi connectivity index (χ2v) is 8.96. The van der Waals surface area contributed by atoms with Crippen molar-refractivity contribution in [3.8, 4) is 0 Å². The second-order valence-electron chi connectivity index (χ2n) is 8.56. The Hall–Kier alpha value is -3.05. The van der Waals surface area contributed by atoms with Gasteiger partial charge in [-0.3, -0.25) is 9.88 Å². The van der Waals surface area contributed by atoms with E-state index >= 15 is 0 Å². The molecular formula is C27H33ClN4O. The van der Waals surface area contributed by atoms with Crippen LogP contribution in [0.1, 0.15) is 61.6 Å². The Labute approximate surface area is 202 Å². The van der Waals surface area contributed by atoms with E-state index in [9.17, 15) is 4.79 Å². The summed E-state index contributed by atoms with van der Waals surface area (Å²) >= 11 is 6.48. The lowest BCUT2D eigenvalue weighted by Crippen LogP contribution is -2.35. The monoisotopic (exact) mass is 464 g/mol. The van der Waals surface area contributed by atoms with E-state index in [-0.39, 0.29) is 6.03 Å². The van der Waals surface area contributed by atoms with Crippen LogP contribution in [0.5, 0.6) is 0 Å². The maximum absolute atomic E-state index is 13.7. The molecule has 0 aliphatic heterocycles. The molecule has 0 bridgehead atoms. The van der Waals surface area contributed by atoms with Crippen LogP contribution in [0, 0.1) is 6.92 Å². The van der Waals surface area contributed by atoms with Crippen LogP contribution in [0.2, 0.25) is 5.02 Å². The van der Waals surface area contributed by atoms with Crippen LogP contribution in [0.15, 0.2) is 48.7 Å².